The maximum absolute atomic E-state index is 6.82. The van der Waals surface area contributed by atoms with E-state index in [4.69, 9.17) is 4.42 Å². The highest BCUT2D eigenvalue weighted by Crippen LogP contribution is 2.54. The van der Waals surface area contributed by atoms with E-state index in [0.29, 0.717) is 0 Å². The van der Waals surface area contributed by atoms with E-state index < -0.39 is 0 Å². The highest BCUT2D eigenvalue weighted by molar-refractivity contribution is 6.14. The lowest BCUT2D eigenvalue weighted by atomic mass is 9.80. The van der Waals surface area contributed by atoms with Crippen LogP contribution < -0.4 is 4.90 Å². The molecule has 1 aliphatic rings. The first-order valence-corrected chi connectivity index (χ1v) is 15.6. The quantitative estimate of drug-likeness (QED) is 0.207. The Balaban J connectivity index is 1.22. The summed E-state index contributed by atoms with van der Waals surface area (Å²) >= 11 is 0. The zero-order valence-corrected chi connectivity index (χ0v) is 25.3. The Morgan fingerprint density at radius 1 is 0.533 bits per heavy atom. The lowest BCUT2D eigenvalue weighted by Gasteiger charge is -2.25. The monoisotopic (exact) mass is 577 g/mol. The zero-order valence-electron chi connectivity index (χ0n) is 25.3. The number of fused-ring (bicyclic) bond motifs is 8. The van der Waals surface area contributed by atoms with Gasteiger partial charge in [-0.05, 0) is 86.6 Å². The smallest absolute Gasteiger partial charge is 0.159 e. The van der Waals surface area contributed by atoms with Crippen molar-refractivity contribution in [2.45, 2.75) is 19.3 Å². The maximum Gasteiger partial charge on any atom is 0.159 e. The molecule has 2 nitrogen and oxygen atoms in total. The summed E-state index contributed by atoms with van der Waals surface area (Å²) in [6.07, 6.45) is 0. The maximum atomic E-state index is 6.82. The molecule has 9 rings (SSSR count). The second-order valence-electron chi connectivity index (χ2n) is 12.6. The van der Waals surface area contributed by atoms with Crippen LogP contribution in [0.15, 0.2) is 156 Å². The molecule has 0 saturated heterocycles. The lowest BCUT2D eigenvalue weighted by molar-refractivity contribution is 0.657. The fourth-order valence-corrected chi connectivity index (χ4v) is 7.50. The number of furan rings is 1. The fourth-order valence-electron chi connectivity index (χ4n) is 7.50. The van der Waals surface area contributed by atoms with Crippen molar-refractivity contribution in [2.75, 3.05) is 4.90 Å². The minimum absolute atomic E-state index is 0.129. The van der Waals surface area contributed by atoms with Crippen LogP contribution in [0.1, 0.15) is 25.0 Å². The first-order chi connectivity index (χ1) is 22.1. The summed E-state index contributed by atoms with van der Waals surface area (Å²) in [4.78, 5) is 2.31. The van der Waals surface area contributed by atoms with Crippen molar-refractivity contribution in [1.29, 1.82) is 0 Å². The molecule has 1 heterocycles. The van der Waals surface area contributed by atoms with E-state index in [9.17, 15) is 0 Å². The molecule has 8 aromatic rings. The van der Waals surface area contributed by atoms with E-state index in [1.54, 1.807) is 0 Å². The summed E-state index contributed by atoms with van der Waals surface area (Å²) in [5, 5.41) is 4.86. The van der Waals surface area contributed by atoms with Gasteiger partial charge in [-0.25, -0.2) is 0 Å². The van der Waals surface area contributed by atoms with Gasteiger partial charge < -0.3 is 9.32 Å². The molecule has 214 valence electrons. The molecule has 45 heavy (non-hydrogen) atoms. The average molecular weight is 578 g/mol. The molecule has 0 spiro atoms. The van der Waals surface area contributed by atoms with Crippen LogP contribution in [0.2, 0.25) is 0 Å². The molecule has 0 aliphatic heterocycles. The van der Waals surface area contributed by atoms with Crippen molar-refractivity contribution >= 4 is 49.8 Å². The fraction of sp³-hybridized carbons (Fsp3) is 0.0698. The zero-order chi connectivity index (χ0) is 30.1. The van der Waals surface area contributed by atoms with Crippen LogP contribution in [0, 0.1) is 0 Å². The van der Waals surface area contributed by atoms with Crippen LogP contribution in [0.25, 0.3) is 55.0 Å². The highest BCUT2D eigenvalue weighted by Gasteiger charge is 2.38. The van der Waals surface area contributed by atoms with Gasteiger partial charge >= 0.3 is 0 Å². The number of hydrogen-bond donors (Lipinski definition) is 0. The van der Waals surface area contributed by atoms with Crippen LogP contribution in [0.4, 0.5) is 17.1 Å². The van der Waals surface area contributed by atoms with Gasteiger partial charge in [0.25, 0.3) is 0 Å². The Labute approximate surface area is 262 Å². The predicted octanol–water partition coefficient (Wildman–Crippen LogP) is 12.2. The van der Waals surface area contributed by atoms with Crippen LogP contribution in [-0.4, -0.2) is 0 Å². The summed E-state index contributed by atoms with van der Waals surface area (Å²) in [5.74, 6) is 0. The average Bonchev–Trinajstić information content (AvgIpc) is 3.58. The number of rotatable bonds is 4. The standard InChI is InChI=1S/C43H31NO/c1-43(2)37-17-9-8-15-34(37)35-25-26-39-40(41(35)43)36-16-10-18-38(42(36)45-39)44(32-13-4-3-5-14-32)33-23-21-29(22-24-33)31-20-19-28-11-6-7-12-30(28)27-31/h3-27H,1-2H3. The number of hydrogen-bond acceptors (Lipinski definition) is 2. The number of para-hydroxylation sites is 2. The van der Waals surface area contributed by atoms with Crippen LogP contribution in [0.3, 0.4) is 0 Å². The number of nitrogens with zero attached hydrogens (tertiary/aromatic N) is 1. The van der Waals surface area contributed by atoms with Crippen molar-refractivity contribution in [3.8, 4) is 22.3 Å². The normalized spacial score (nSPS) is 13.3. The Kier molecular flexibility index (Phi) is 5.58. The van der Waals surface area contributed by atoms with E-state index in [1.807, 2.05) is 0 Å². The molecule has 0 atom stereocenters. The third kappa shape index (κ3) is 3.89. The van der Waals surface area contributed by atoms with E-state index in [2.05, 4.69) is 170 Å². The van der Waals surface area contributed by atoms with E-state index in [1.165, 1.54) is 49.5 Å². The van der Waals surface area contributed by atoms with Crippen molar-refractivity contribution in [2.24, 2.45) is 0 Å². The molecule has 7 aromatic carbocycles. The summed E-state index contributed by atoms with van der Waals surface area (Å²) < 4.78 is 6.82. The van der Waals surface area contributed by atoms with Crippen LogP contribution in [0.5, 0.6) is 0 Å². The Bertz CT molecular complexity index is 2400. The Hall–Kier alpha value is -5.60. The van der Waals surface area contributed by atoms with Crippen molar-refractivity contribution < 1.29 is 4.42 Å². The molecule has 0 bridgehead atoms. The van der Waals surface area contributed by atoms with Gasteiger partial charge in [-0.15, -0.1) is 0 Å². The lowest BCUT2D eigenvalue weighted by Crippen LogP contribution is -2.15. The summed E-state index contributed by atoms with van der Waals surface area (Å²) in [5.41, 5.74) is 12.6. The third-order valence-electron chi connectivity index (χ3n) is 9.62. The Morgan fingerprint density at radius 3 is 2.09 bits per heavy atom. The van der Waals surface area contributed by atoms with Crippen molar-refractivity contribution in [1.82, 2.24) is 0 Å². The molecule has 1 aromatic heterocycles. The van der Waals surface area contributed by atoms with Gasteiger partial charge in [-0.2, -0.15) is 0 Å². The van der Waals surface area contributed by atoms with Gasteiger partial charge in [0.15, 0.2) is 5.58 Å². The summed E-state index contributed by atoms with van der Waals surface area (Å²) in [6, 6.07) is 54.4. The van der Waals surface area contributed by atoms with Gasteiger partial charge in [-0.3, -0.25) is 0 Å². The topological polar surface area (TPSA) is 16.4 Å². The molecule has 0 N–H and O–H groups in total. The molecular formula is C43H31NO. The minimum atomic E-state index is -0.129. The molecule has 1 aliphatic carbocycles. The molecule has 0 amide bonds. The minimum Gasteiger partial charge on any atom is -0.454 e. The molecular weight excluding hydrogens is 546 g/mol. The molecule has 0 fully saturated rings. The van der Waals surface area contributed by atoms with Crippen LogP contribution in [-0.2, 0) is 5.41 Å². The van der Waals surface area contributed by atoms with Gasteiger partial charge in [0, 0.05) is 27.6 Å². The van der Waals surface area contributed by atoms with Gasteiger partial charge in [-0.1, -0.05) is 123 Å². The molecule has 0 radical (unpaired) electrons. The molecule has 0 unspecified atom stereocenters. The second-order valence-corrected chi connectivity index (χ2v) is 12.6. The Morgan fingerprint density at radius 2 is 1.24 bits per heavy atom. The van der Waals surface area contributed by atoms with Gasteiger partial charge in [0.1, 0.15) is 5.58 Å². The summed E-state index contributed by atoms with van der Waals surface area (Å²) in [7, 11) is 0. The van der Waals surface area contributed by atoms with Gasteiger partial charge in [0.05, 0.1) is 5.69 Å². The number of benzene rings is 7. The van der Waals surface area contributed by atoms with Gasteiger partial charge in [0.2, 0.25) is 0 Å². The predicted molar refractivity (Wildman–Crippen MR) is 189 cm³/mol. The van der Waals surface area contributed by atoms with Crippen molar-refractivity contribution in [3.05, 3.63) is 163 Å². The summed E-state index contributed by atoms with van der Waals surface area (Å²) in [6.45, 7) is 4.68. The van der Waals surface area contributed by atoms with Crippen molar-refractivity contribution in [3.63, 3.8) is 0 Å². The first-order valence-electron chi connectivity index (χ1n) is 15.6. The van der Waals surface area contributed by atoms with E-state index in [0.717, 1.165) is 33.6 Å². The first kappa shape index (κ1) is 25.9. The molecule has 0 saturated carbocycles. The third-order valence-corrected chi connectivity index (χ3v) is 9.62. The second kappa shape index (κ2) is 9.70. The largest absolute Gasteiger partial charge is 0.454 e. The number of anilines is 3. The SMILES string of the molecule is CC1(C)c2ccccc2-c2ccc3oc4c(N(c5ccccc5)c5ccc(-c6ccc7ccccc7c6)cc5)cccc4c3c21. The van der Waals surface area contributed by atoms with E-state index >= 15 is 0 Å². The molecule has 2 heteroatoms. The highest BCUT2D eigenvalue weighted by atomic mass is 16.3. The van der Waals surface area contributed by atoms with Crippen LogP contribution >= 0.6 is 0 Å². The van der Waals surface area contributed by atoms with E-state index in [-0.39, 0.29) is 5.41 Å².